The van der Waals surface area contributed by atoms with E-state index in [1.54, 1.807) is 0 Å². The molecular formula is C29H33N3O3. The fraction of sp³-hybridized carbons (Fsp3) is 0.276. The number of aromatic nitrogens is 1. The van der Waals surface area contributed by atoms with Crippen molar-refractivity contribution in [2.45, 2.75) is 44.4 Å². The second-order valence-electron chi connectivity index (χ2n) is 8.88. The fourth-order valence-corrected chi connectivity index (χ4v) is 4.49. The summed E-state index contributed by atoms with van der Waals surface area (Å²) in [5.74, 6) is 0.0470. The first kappa shape index (κ1) is 24.5. The van der Waals surface area contributed by atoms with Crippen molar-refractivity contribution in [3.8, 4) is 5.75 Å². The standard InChI is InChI=1S/C29H33N3O3/c30-18-24(15-14-22-10-4-7-13-28(22)35-20-21-8-2-1-3-9-21)32-25(17-29(33)34)16-23-19-31-27-12-6-5-11-26(23)27/h1-13,19,24-25,31-32H,14-18,20,30H2,(H,33,34)/t24?,25-/m0/s1. The van der Waals surface area contributed by atoms with Crippen molar-refractivity contribution in [2.75, 3.05) is 6.54 Å². The van der Waals surface area contributed by atoms with Crippen LogP contribution in [0.2, 0.25) is 0 Å². The lowest BCUT2D eigenvalue weighted by molar-refractivity contribution is -0.137. The summed E-state index contributed by atoms with van der Waals surface area (Å²) in [4.78, 5) is 14.9. The van der Waals surface area contributed by atoms with Crippen LogP contribution in [0.3, 0.4) is 0 Å². The number of carboxylic acids is 1. The quantitative estimate of drug-likeness (QED) is 0.227. The Labute approximate surface area is 206 Å². The average Bonchev–Trinajstić information content (AvgIpc) is 3.28. The van der Waals surface area contributed by atoms with Gasteiger partial charge in [0.15, 0.2) is 0 Å². The molecule has 4 aromatic rings. The molecule has 0 spiro atoms. The zero-order valence-corrected chi connectivity index (χ0v) is 19.8. The highest BCUT2D eigenvalue weighted by Gasteiger charge is 2.20. The predicted octanol–water partition coefficient (Wildman–Crippen LogP) is 4.68. The van der Waals surface area contributed by atoms with Crippen molar-refractivity contribution in [1.82, 2.24) is 10.3 Å². The zero-order chi connectivity index (χ0) is 24.5. The number of nitrogens with two attached hydrogens (primary N) is 1. The molecule has 182 valence electrons. The summed E-state index contributed by atoms with van der Waals surface area (Å²) < 4.78 is 6.10. The Morgan fingerprint density at radius 1 is 0.943 bits per heavy atom. The Bertz CT molecular complexity index is 1220. The van der Waals surface area contributed by atoms with E-state index in [-0.39, 0.29) is 18.5 Å². The number of ether oxygens (including phenoxy) is 1. The van der Waals surface area contributed by atoms with Gasteiger partial charge in [0, 0.05) is 35.7 Å². The Kier molecular flexibility index (Phi) is 8.54. The van der Waals surface area contributed by atoms with Gasteiger partial charge in [-0.3, -0.25) is 4.79 Å². The minimum Gasteiger partial charge on any atom is -0.489 e. The van der Waals surface area contributed by atoms with Crippen molar-refractivity contribution in [3.63, 3.8) is 0 Å². The maximum Gasteiger partial charge on any atom is 0.304 e. The first-order valence-electron chi connectivity index (χ1n) is 12.1. The zero-order valence-electron chi connectivity index (χ0n) is 19.8. The summed E-state index contributed by atoms with van der Waals surface area (Å²) in [5, 5.41) is 14.2. The molecule has 0 aliphatic carbocycles. The summed E-state index contributed by atoms with van der Waals surface area (Å²) in [6, 6.07) is 26.0. The van der Waals surface area contributed by atoms with Gasteiger partial charge in [-0.1, -0.05) is 66.7 Å². The maximum atomic E-state index is 11.6. The Balaban J connectivity index is 1.39. The van der Waals surface area contributed by atoms with E-state index in [0.717, 1.165) is 46.2 Å². The van der Waals surface area contributed by atoms with Crippen LogP contribution in [0.5, 0.6) is 5.75 Å². The fourth-order valence-electron chi connectivity index (χ4n) is 4.49. The van der Waals surface area contributed by atoms with Crippen LogP contribution in [0.15, 0.2) is 85.1 Å². The van der Waals surface area contributed by atoms with Gasteiger partial charge in [-0.05, 0) is 48.1 Å². The maximum absolute atomic E-state index is 11.6. The van der Waals surface area contributed by atoms with E-state index < -0.39 is 5.97 Å². The lowest BCUT2D eigenvalue weighted by Crippen LogP contribution is -2.45. The summed E-state index contributed by atoms with van der Waals surface area (Å²) >= 11 is 0. The van der Waals surface area contributed by atoms with Gasteiger partial charge < -0.3 is 25.9 Å². The van der Waals surface area contributed by atoms with Crippen molar-refractivity contribution >= 4 is 16.9 Å². The van der Waals surface area contributed by atoms with Crippen LogP contribution in [0.1, 0.15) is 29.5 Å². The van der Waals surface area contributed by atoms with Gasteiger partial charge in [0.25, 0.3) is 0 Å². The summed E-state index contributed by atoms with van der Waals surface area (Å²) in [7, 11) is 0. The molecule has 5 N–H and O–H groups in total. The average molecular weight is 472 g/mol. The predicted molar refractivity (Wildman–Crippen MR) is 140 cm³/mol. The molecular weight excluding hydrogens is 438 g/mol. The monoisotopic (exact) mass is 471 g/mol. The molecule has 6 nitrogen and oxygen atoms in total. The van der Waals surface area contributed by atoms with Crippen molar-refractivity contribution in [2.24, 2.45) is 5.73 Å². The van der Waals surface area contributed by atoms with E-state index in [1.165, 1.54) is 0 Å². The Morgan fingerprint density at radius 2 is 1.69 bits per heavy atom. The molecule has 0 amide bonds. The number of H-pyrrole nitrogens is 1. The number of rotatable bonds is 13. The first-order chi connectivity index (χ1) is 17.1. The normalized spacial score (nSPS) is 12.9. The van der Waals surface area contributed by atoms with E-state index in [4.69, 9.17) is 10.5 Å². The van der Waals surface area contributed by atoms with E-state index >= 15 is 0 Å². The second kappa shape index (κ2) is 12.2. The second-order valence-corrected chi connectivity index (χ2v) is 8.88. The molecule has 0 bridgehead atoms. The third-order valence-corrected chi connectivity index (χ3v) is 6.29. The highest BCUT2D eigenvalue weighted by molar-refractivity contribution is 5.83. The van der Waals surface area contributed by atoms with Crippen LogP contribution >= 0.6 is 0 Å². The highest BCUT2D eigenvalue weighted by Crippen LogP contribution is 2.23. The van der Waals surface area contributed by atoms with Gasteiger partial charge >= 0.3 is 5.97 Å². The molecule has 2 atom stereocenters. The molecule has 0 saturated carbocycles. The molecule has 6 heteroatoms. The largest absolute Gasteiger partial charge is 0.489 e. The molecule has 1 aromatic heterocycles. The van der Waals surface area contributed by atoms with Crippen LogP contribution in [-0.4, -0.2) is 34.7 Å². The molecule has 0 saturated heterocycles. The molecule has 1 unspecified atom stereocenters. The molecule has 1 heterocycles. The SMILES string of the molecule is NCC(CCc1ccccc1OCc1ccccc1)N[C@H](CC(=O)O)Cc1c[nH]c2ccccc12. The third-order valence-electron chi connectivity index (χ3n) is 6.29. The van der Waals surface area contributed by atoms with Crippen molar-refractivity contribution < 1.29 is 14.6 Å². The van der Waals surface area contributed by atoms with Crippen LogP contribution in [-0.2, 0) is 24.2 Å². The molecule has 4 rings (SSSR count). The molecule has 0 aliphatic rings. The topological polar surface area (TPSA) is 100 Å². The molecule has 0 aliphatic heterocycles. The number of nitrogens with one attached hydrogen (secondary N) is 2. The summed E-state index contributed by atoms with van der Waals surface area (Å²) in [6.45, 7) is 0.943. The molecule has 35 heavy (non-hydrogen) atoms. The number of aliphatic carboxylic acids is 1. The summed E-state index contributed by atoms with van der Waals surface area (Å²) in [5.41, 5.74) is 10.5. The lowest BCUT2D eigenvalue weighted by Gasteiger charge is -2.24. The molecule has 0 radical (unpaired) electrons. The number of fused-ring (bicyclic) bond motifs is 1. The van der Waals surface area contributed by atoms with Crippen molar-refractivity contribution in [3.05, 3.63) is 102 Å². The Hall–Kier alpha value is -3.61. The summed E-state index contributed by atoms with van der Waals surface area (Å²) in [6.07, 6.45) is 4.19. The van der Waals surface area contributed by atoms with E-state index in [0.29, 0.717) is 19.6 Å². The minimum absolute atomic E-state index is 0.00765. The van der Waals surface area contributed by atoms with Gasteiger partial charge in [0.05, 0.1) is 6.42 Å². The van der Waals surface area contributed by atoms with Gasteiger partial charge in [-0.25, -0.2) is 0 Å². The van der Waals surface area contributed by atoms with Crippen LogP contribution < -0.4 is 15.8 Å². The van der Waals surface area contributed by atoms with Crippen LogP contribution in [0.4, 0.5) is 0 Å². The number of para-hydroxylation sites is 2. The number of carbonyl (C=O) groups is 1. The number of carboxylic acid groups (broad SMARTS) is 1. The van der Waals surface area contributed by atoms with Gasteiger partial charge in [-0.2, -0.15) is 0 Å². The molecule has 3 aromatic carbocycles. The number of benzene rings is 3. The van der Waals surface area contributed by atoms with E-state index in [2.05, 4.69) is 22.4 Å². The van der Waals surface area contributed by atoms with Crippen LogP contribution in [0, 0.1) is 0 Å². The highest BCUT2D eigenvalue weighted by atomic mass is 16.5. The number of aromatic amines is 1. The minimum atomic E-state index is -0.822. The van der Waals surface area contributed by atoms with Gasteiger partial charge in [-0.15, -0.1) is 0 Å². The number of hydrogen-bond acceptors (Lipinski definition) is 4. The Morgan fingerprint density at radius 3 is 2.49 bits per heavy atom. The van der Waals surface area contributed by atoms with E-state index in [9.17, 15) is 9.90 Å². The van der Waals surface area contributed by atoms with Crippen LogP contribution in [0.25, 0.3) is 10.9 Å². The first-order valence-corrected chi connectivity index (χ1v) is 12.1. The number of aryl methyl sites for hydroxylation is 1. The lowest BCUT2D eigenvalue weighted by atomic mass is 9.99. The van der Waals surface area contributed by atoms with Gasteiger partial charge in [0.2, 0.25) is 0 Å². The van der Waals surface area contributed by atoms with Crippen molar-refractivity contribution in [1.29, 1.82) is 0 Å². The van der Waals surface area contributed by atoms with E-state index in [1.807, 2.05) is 72.9 Å². The van der Waals surface area contributed by atoms with Gasteiger partial charge in [0.1, 0.15) is 12.4 Å². The molecule has 0 fully saturated rings. The third kappa shape index (κ3) is 6.94. The number of hydrogen-bond donors (Lipinski definition) is 4. The smallest absolute Gasteiger partial charge is 0.304 e.